The van der Waals surface area contributed by atoms with E-state index in [4.69, 9.17) is 5.26 Å². The zero-order chi connectivity index (χ0) is 16.9. The van der Waals surface area contributed by atoms with Crippen molar-refractivity contribution in [3.63, 3.8) is 0 Å². The van der Waals surface area contributed by atoms with Crippen LogP contribution >= 0.6 is 0 Å². The Labute approximate surface area is 143 Å². The first-order valence-corrected chi connectivity index (χ1v) is 8.93. The number of hydrogen-bond acceptors (Lipinski definition) is 2. The van der Waals surface area contributed by atoms with Gasteiger partial charge in [0, 0.05) is 25.2 Å². The van der Waals surface area contributed by atoms with Gasteiger partial charge in [0.15, 0.2) is 5.96 Å². The lowest BCUT2D eigenvalue weighted by atomic mass is 9.82. The van der Waals surface area contributed by atoms with Gasteiger partial charge in [-0.15, -0.1) is 0 Å². The topological polar surface area (TPSA) is 51.4 Å². The molecule has 0 amide bonds. The van der Waals surface area contributed by atoms with Crippen LogP contribution in [0, 0.1) is 29.0 Å². The molecule has 2 atom stereocenters. The zero-order valence-corrected chi connectivity index (χ0v) is 14.3. The number of nitrogens with zero attached hydrogens (tertiary/aromatic N) is 3. The molecule has 1 aliphatic carbocycles. The number of nitriles is 1. The lowest BCUT2D eigenvalue weighted by molar-refractivity contribution is 0.299. The van der Waals surface area contributed by atoms with Crippen molar-refractivity contribution in [3.05, 3.63) is 35.1 Å². The van der Waals surface area contributed by atoms with Crippen molar-refractivity contribution in [3.8, 4) is 6.07 Å². The van der Waals surface area contributed by atoms with Crippen molar-refractivity contribution in [1.29, 1.82) is 5.26 Å². The molecule has 1 N–H and O–H groups in total. The Balaban J connectivity index is 1.74. The maximum Gasteiger partial charge on any atom is 0.194 e. The highest BCUT2D eigenvalue weighted by Crippen LogP contribution is 2.36. The fourth-order valence-corrected chi connectivity index (χ4v) is 3.93. The molecule has 3 rings (SSSR count). The normalized spacial score (nSPS) is 23.7. The first kappa shape index (κ1) is 16.8. The van der Waals surface area contributed by atoms with E-state index < -0.39 is 0 Å². The van der Waals surface area contributed by atoms with Gasteiger partial charge < -0.3 is 10.2 Å². The molecule has 4 nitrogen and oxygen atoms in total. The van der Waals surface area contributed by atoms with Gasteiger partial charge in [0.1, 0.15) is 5.82 Å². The van der Waals surface area contributed by atoms with Crippen molar-refractivity contribution in [1.82, 2.24) is 10.2 Å². The number of benzene rings is 1. The van der Waals surface area contributed by atoms with E-state index in [1.54, 1.807) is 6.07 Å². The first-order valence-electron chi connectivity index (χ1n) is 8.93. The molecule has 1 saturated heterocycles. The van der Waals surface area contributed by atoms with Crippen molar-refractivity contribution in [2.75, 3.05) is 19.6 Å². The maximum absolute atomic E-state index is 13.9. The van der Waals surface area contributed by atoms with Crippen molar-refractivity contribution in [2.45, 2.75) is 39.2 Å². The Kier molecular flexibility index (Phi) is 5.34. The molecule has 128 valence electrons. The fourth-order valence-electron chi connectivity index (χ4n) is 3.93. The molecule has 1 aliphatic heterocycles. The van der Waals surface area contributed by atoms with Crippen LogP contribution in [0.25, 0.3) is 0 Å². The molecule has 2 unspecified atom stereocenters. The van der Waals surface area contributed by atoms with Crippen LogP contribution in [0.1, 0.15) is 43.7 Å². The van der Waals surface area contributed by atoms with Gasteiger partial charge in [-0.25, -0.2) is 9.38 Å². The molecule has 1 aromatic rings. The van der Waals surface area contributed by atoms with Gasteiger partial charge in [-0.3, -0.25) is 0 Å². The number of nitrogens with one attached hydrogen (secondary N) is 1. The van der Waals surface area contributed by atoms with Gasteiger partial charge in [0.25, 0.3) is 0 Å². The Morgan fingerprint density at radius 3 is 2.67 bits per heavy atom. The largest absolute Gasteiger partial charge is 0.357 e. The number of guanidine groups is 1. The van der Waals surface area contributed by atoms with Crippen LogP contribution in [0.3, 0.4) is 0 Å². The third kappa shape index (κ3) is 3.69. The van der Waals surface area contributed by atoms with Gasteiger partial charge in [0.05, 0.1) is 18.2 Å². The summed E-state index contributed by atoms with van der Waals surface area (Å²) in [6.45, 7) is 5.21. The minimum absolute atomic E-state index is 0.259. The Morgan fingerprint density at radius 1 is 1.33 bits per heavy atom. The van der Waals surface area contributed by atoms with Gasteiger partial charge in [-0.05, 0) is 49.8 Å². The molecule has 0 bridgehead atoms. The lowest BCUT2D eigenvalue weighted by Crippen LogP contribution is -2.40. The van der Waals surface area contributed by atoms with Gasteiger partial charge >= 0.3 is 0 Å². The van der Waals surface area contributed by atoms with Crippen molar-refractivity contribution in [2.24, 2.45) is 16.8 Å². The minimum Gasteiger partial charge on any atom is -0.357 e. The summed E-state index contributed by atoms with van der Waals surface area (Å²) in [6, 6.07) is 6.49. The van der Waals surface area contributed by atoms with Crippen LogP contribution in [-0.2, 0) is 6.54 Å². The summed E-state index contributed by atoms with van der Waals surface area (Å²) in [5.74, 6) is 2.12. The van der Waals surface area contributed by atoms with E-state index in [0.717, 1.165) is 37.4 Å². The summed E-state index contributed by atoms with van der Waals surface area (Å²) in [4.78, 5) is 6.97. The van der Waals surface area contributed by atoms with Crippen LogP contribution < -0.4 is 5.32 Å². The summed E-state index contributed by atoms with van der Waals surface area (Å²) in [7, 11) is 0. The molecule has 24 heavy (non-hydrogen) atoms. The summed E-state index contributed by atoms with van der Waals surface area (Å²) in [6.07, 6.45) is 5.32. The molecule has 0 spiro atoms. The van der Waals surface area contributed by atoms with Crippen LogP contribution in [0.15, 0.2) is 23.2 Å². The zero-order valence-electron chi connectivity index (χ0n) is 14.3. The van der Waals surface area contributed by atoms with E-state index in [2.05, 4.69) is 28.2 Å². The summed E-state index contributed by atoms with van der Waals surface area (Å²) < 4.78 is 13.9. The standard InChI is InChI=1S/C19H25FN4/c1-2-22-19(24-12-15-5-3-4-6-16(15)13-24)23-11-17-9-14(10-21)7-8-18(17)20/h7-9,15-16H,2-6,11-13H2,1H3,(H,22,23). The van der Waals surface area contributed by atoms with E-state index in [9.17, 15) is 4.39 Å². The molecule has 0 aromatic heterocycles. The molecule has 1 aromatic carbocycles. The molecule has 2 aliphatic rings. The Hall–Kier alpha value is -2.09. The van der Waals surface area contributed by atoms with E-state index >= 15 is 0 Å². The van der Waals surface area contributed by atoms with Gasteiger partial charge in [-0.1, -0.05) is 12.8 Å². The van der Waals surface area contributed by atoms with E-state index in [1.165, 1.54) is 37.8 Å². The molecule has 1 saturated carbocycles. The minimum atomic E-state index is -0.302. The SMILES string of the molecule is CCNC(=NCc1cc(C#N)ccc1F)N1CC2CCCCC2C1. The van der Waals surface area contributed by atoms with Crippen LogP contribution in [0.2, 0.25) is 0 Å². The van der Waals surface area contributed by atoms with E-state index in [-0.39, 0.29) is 12.4 Å². The smallest absolute Gasteiger partial charge is 0.194 e. The molecule has 1 heterocycles. The van der Waals surface area contributed by atoms with Crippen LogP contribution in [0.4, 0.5) is 4.39 Å². The van der Waals surface area contributed by atoms with Gasteiger partial charge in [0.2, 0.25) is 0 Å². The molecule has 5 heteroatoms. The van der Waals surface area contributed by atoms with E-state index in [1.807, 2.05) is 0 Å². The average molecular weight is 328 g/mol. The number of rotatable bonds is 3. The second-order valence-corrected chi connectivity index (χ2v) is 6.80. The predicted octanol–water partition coefficient (Wildman–Crippen LogP) is 3.28. The third-order valence-corrected chi connectivity index (χ3v) is 5.18. The number of aliphatic imine (C=N–C) groups is 1. The number of halogens is 1. The molecule has 0 radical (unpaired) electrons. The number of hydrogen-bond donors (Lipinski definition) is 1. The highest BCUT2D eigenvalue weighted by atomic mass is 19.1. The summed E-state index contributed by atoms with van der Waals surface area (Å²) >= 11 is 0. The van der Waals surface area contributed by atoms with Crippen molar-refractivity contribution >= 4 is 5.96 Å². The first-order chi connectivity index (χ1) is 11.7. The molecule has 2 fully saturated rings. The Bertz CT molecular complexity index is 635. The second-order valence-electron chi connectivity index (χ2n) is 6.80. The third-order valence-electron chi connectivity index (χ3n) is 5.18. The number of fused-ring (bicyclic) bond motifs is 1. The Morgan fingerprint density at radius 2 is 2.04 bits per heavy atom. The van der Waals surface area contributed by atoms with Crippen molar-refractivity contribution < 1.29 is 4.39 Å². The lowest BCUT2D eigenvalue weighted by Gasteiger charge is -2.22. The molecular weight excluding hydrogens is 303 g/mol. The van der Waals surface area contributed by atoms with E-state index in [0.29, 0.717) is 11.1 Å². The fraction of sp³-hybridized carbons (Fsp3) is 0.579. The average Bonchev–Trinajstić information content (AvgIpc) is 3.03. The maximum atomic E-state index is 13.9. The monoisotopic (exact) mass is 328 g/mol. The second kappa shape index (κ2) is 7.65. The highest BCUT2D eigenvalue weighted by molar-refractivity contribution is 5.80. The van der Waals surface area contributed by atoms with Crippen LogP contribution in [0.5, 0.6) is 0 Å². The predicted molar refractivity (Wildman–Crippen MR) is 93.0 cm³/mol. The summed E-state index contributed by atoms with van der Waals surface area (Å²) in [5, 5.41) is 12.3. The van der Waals surface area contributed by atoms with Crippen LogP contribution in [-0.4, -0.2) is 30.5 Å². The van der Waals surface area contributed by atoms with Gasteiger partial charge in [-0.2, -0.15) is 5.26 Å². The number of likely N-dealkylation sites (tertiary alicyclic amines) is 1. The molecular formula is C19H25FN4. The highest BCUT2D eigenvalue weighted by Gasteiger charge is 2.35. The quantitative estimate of drug-likeness (QED) is 0.684. The summed E-state index contributed by atoms with van der Waals surface area (Å²) in [5.41, 5.74) is 0.944.